The van der Waals surface area contributed by atoms with E-state index in [1.165, 1.54) is 6.42 Å². The number of thioether (sulfide) groups is 1. The van der Waals surface area contributed by atoms with Gasteiger partial charge < -0.3 is 9.80 Å². The maximum Gasteiger partial charge on any atom is 0.228 e. The molecule has 1 fully saturated rings. The molecule has 0 bridgehead atoms. The van der Waals surface area contributed by atoms with Crippen molar-refractivity contribution in [3.05, 3.63) is 11.1 Å². The van der Waals surface area contributed by atoms with Crippen molar-refractivity contribution in [1.29, 1.82) is 0 Å². The van der Waals surface area contributed by atoms with Crippen LogP contribution in [0.5, 0.6) is 0 Å². The molecular formula is C16H27N3OS2. The molecule has 124 valence electrons. The summed E-state index contributed by atoms with van der Waals surface area (Å²) in [5.74, 6) is 1.87. The standard InChI is InChI=1S/C16H27N3OS2/c1-12-6-5-7-19(13(12)2)15(20)10-14-11-22-16(17-14)21-9-8-18(3)4/h11-13H,5-10H2,1-4H3. The van der Waals surface area contributed by atoms with E-state index in [4.69, 9.17) is 0 Å². The lowest BCUT2D eigenvalue weighted by atomic mass is 9.92. The third-order valence-corrected chi connectivity index (χ3v) is 6.37. The van der Waals surface area contributed by atoms with Crippen molar-refractivity contribution in [3.8, 4) is 0 Å². The van der Waals surface area contributed by atoms with Gasteiger partial charge in [0.05, 0.1) is 12.1 Å². The minimum atomic E-state index is 0.231. The van der Waals surface area contributed by atoms with Crippen molar-refractivity contribution in [2.75, 3.05) is 32.9 Å². The number of piperidine rings is 1. The Kier molecular flexibility index (Phi) is 6.71. The first-order valence-corrected chi connectivity index (χ1v) is 9.85. The van der Waals surface area contributed by atoms with Crippen LogP contribution in [0.4, 0.5) is 0 Å². The molecule has 2 unspecified atom stereocenters. The molecule has 1 amide bonds. The highest BCUT2D eigenvalue weighted by atomic mass is 32.2. The number of aromatic nitrogens is 1. The summed E-state index contributed by atoms with van der Waals surface area (Å²) in [4.78, 5) is 21.3. The fourth-order valence-electron chi connectivity index (χ4n) is 2.70. The van der Waals surface area contributed by atoms with E-state index in [9.17, 15) is 4.79 Å². The lowest BCUT2D eigenvalue weighted by Gasteiger charge is -2.37. The van der Waals surface area contributed by atoms with Crippen molar-refractivity contribution >= 4 is 29.0 Å². The Balaban J connectivity index is 1.85. The van der Waals surface area contributed by atoms with E-state index in [1.807, 2.05) is 10.3 Å². The average molecular weight is 342 g/mol. The van der Waals surface area contributed by atoms with Crippen LogP contribution in [0, 0.1) is 5.92 Å². The molecule has 6 heteroatoms. The highest BCUT2D eigenvalue weighted by Gasteiger charge is 2.28. The number of rotatable bonds is 6. The second-order valence-electron chi connectivity index (χ2n) is 6.38. The van der Waals surface area contributed by atoms with E-state index < -0.39 is 0 Å². The number of thiazole rings is 1. The van der Waals surface area contributed by atoms with Crippen LogP contribution in [0.3, 0.4) is 0 Å². The average Bonchev–Trinajstić information content (AvgIpc) is 2.89. The fraction of sp³-hybridized carbons (Fsp3) is 0.750. The topological polar surface area (TPSA) is 36.4 Å². The number of carbonyl (C=O) groups is 1. The zero-order valence-electron chi connectivity index (χ0n) is 14.0. The van der Waals surface area contributed by atoms with Gasteiger partial charge in [-0.05, 0) is 39.8 Å². The smallest absolute Gasteiger partial charge is 0.228 e. The summed E-state index contributed by atoms with van der Waals surface area (Å²) in [5, 5.41) is 2.04. The Bertz CT molecular complexity index is 489. The van der Waals surface area contributed by atoms with Gasteiger partial charge in [0.2, 0.25) is 5.91 Å². The Morgan fingerprint density at radius 3 is 3.00 bits per heavy atom. The minimum Gasteiger partial charge on any atom is -0.339 e. The predicted octanol–water partition coefficient (Wildman–Crippen LogP) is 2.99. The van der Waals surface area contributed by atoms with Gasteiger partial charge in [0.15, 0.2) is 0 Å². The van der Waals surface area contributed by atoms with Crippen LogP contribution in [0.2, 0.25) is 0 Å². The molecule has 0 aromatic carbocycles. The molecule has 0 radical (unpaired) electrons. The van der Waals surface area contributed by atoms with Gasteiger partial charge in [0, 0.05) is 30.3 Å². The number of amides is 1. The first-order valence-electron chi connectivity index (χ1n) is 7.98. The van der Waals surface area contributed by atoms with Crippen LogP contribution in [0.15, 0.2) is 9.72 Å². The molecule has 1 aromatic rings. The Labute approximate surface area is 142 Å². The van der Waals surface area contributed by atoms with Crippen molar-refractivity contribution in [2.24, 2.45) is 5.92 Å². The fourth-order valence-corrected chi connectivity index (χ4v) is 4.72. The van der Waals surface area contributed by atoms with Gasteiger partial charge in [0.25, 0.3) is 0 Å². The number of likely N-dealkylation sites (tertiary alicyclic amines) is 1. The minimum absolute atomic E-state index is 0.231. The van der Waals surface area contributed by atoms with Crippen LogP contribution in [-0.2, 0) is 11.2 Å². The van der Waals surface area contributed by atoms with E-state index in [0.717, 1.165) is 35.3 Å². The zero-order valence-corrected chi connectivity index (χ0v) is 15.7. The monoisotopic (exact) mass is 341 g/mol. The molecule has 1 aromatic heterocycles. The molecule has 0 N–H and O–H groups in total. The summed E-state index contributed by atoms with van der Waals surface area (Å²) in [5.41, 5.74) is 0.924. The second-order valence-corrected chi connectivity index (χ2v) is 8.58. The van der Waals surface area contributed by atoms with E-state index in [0.29, 0.717) is 18.4 Å². The van der Waals surface area contributed by atoms with Gasteiger partial charge in [-0.25, -0.2) is 4.98 Å². The molecule has 1 aliphatic rings. The highest BCUT2D eigenvalue weighted by Crippen LogP contribution is 2.25. The van der Waals surface area contributed by atoms with E-state index in [2.05, 4.69) is 37.8 Å². The molecule has 0 saturated carbocycles. The third kappa shape index (κ3) is 4.96. The summed E-state index contributed by atoms with van der Waals surface area (Å²) in [6.45, 7) is 6.36. The quantitative estimate of drug-likeness (QED) is 0.745. The van der Waals surface area contributed by atoms with Gasteiger partial charge in [0.1, 0.15) is 4.34 Å². The van der Waals surface area contributed by atoms with Crippen LogP contribution in [0.25, 0.3) is 0 Å². The molecule has 0 spiro atoms. The predicted molar refractivity (Wildman–Crippen MR) is 94.7 cm³/mol. The normalized spacial score (nSPS) is 22.3. The van der Waals surface area contributed by atoms with Crippen LogP contribution < -0.4 is 0 Å². The van der Waals surface area contributed by atoms with Crippen LogP contribution in [-0.4, -0.2) is 59.7 Å². The lowest BCUT2D eigenvalue weighted by molar-refractivity contribution is -0.135. The SMILES string of the molecule is CC1CCCN(C(=O)Cc2csc(SCCN(C)C)n2)C1C. The van der Waals surface area contributed by atoms with Gasteiger partial charge in [-0.15, -0.1) is 11.3 Å². The lowest BCUT2D eigenvalue weighted by Crippen LogP contribution is -2.46. The zero-order chi connectivity index (χ0) is 16.1. The third-order valence-electron chi connectivity index (χ3n) is 4.32. The largest absolute Gasteiger partial charge is 0.339 e. The summed E-state index contributed by atoms with van der Waals surface area (Å²) in [6, 6.07) is 0.355. The summed E-state index contributed by atoms with van der Waals surface area (Å²) >= 11 is 3.43. The van der Waals surface area contributed by atoms with Crippen molar-refractivity contribution in [3.63, 3.8) is 0 Å². The van der Waals surface area contributed by atoms with Crippen molar-refractivity contribution in [2.45, 2.75) is 43.5 Å². The molecule has 1 saturated heterocycles. The number of hydrogen-bond acceptors (Lipinski definition) is 5. The Morgan fingerprint density at radius 1 is 1.50 bits per heavy atom. The van der Waals surface area contributed by atoms with Gasteiger partial charge in [-0.3, -0.25) is 4.79 Å². The number of nitrogens with zero attached hydrogens (tertiary/aromatic N) is 3. The van der Waals surface area contributed by atoms with Crippen LogP contribution >= 0.6 is 23.1 Å². The first kappa shape index (κ1) is 17.8. The van der Waals surface area contributed by atoms with Crippen LogP contribution in [0.1, 0.15) is 32.4 Å². The molecule has 2 heterocycles. The highest BCUT2D eigenvalue weighted by molar-refractivity contribution is 8.01. The molecule has 2 rings (SSSR count). The molecule has 22 heavy (non-hydrogen) atoms. The first-order chi connectivity index (χ1) is 10.5. The van der Waals surface area contributed by atoms with Gasteiger partial charge >= 0.3 is 0 Å². The molecule has 1 aliphatic heterocycles. The maximum absolute atomic E-state index is 12.5. The maximum atomic E-state index is 12.5. The van der Waals surface area contributed by atoms with E-state index in [1.54, 1.807) is 23.1 Å². The van der Waals surface area contributed by atoms with Crippen molar-refractivity contribution in [1.82, 2.24) is 14.8 Å². The molecular weight excluding hydrogens is 314 g/mol. The van der Waals surface area contributed by atoms with E-state index in [-0.39, 0.29) is 5.91 Å². The van der Waals surface area contributed by atoms with Gasteiger partial charge in [-0.2, -0.15) is 0 Å². The number of hydrogen-bond donors (Lipinski definition) is 0. The Hall–Kier alpha value is -0.590. The molecule has 4 nitrogen and oxygen atoms in total. The summed E-state index contributed by atoms with van der Waals surface area (Å²) in [6.07, 6.45) is 2.80. The molecule has 2 atom stereocenters. The summed E-state index contributed by atoms with van der Waals surface area (Å²) < 4.78 is 1.07. The second kappa shape index (κ2) is 8.31. The van der Waals surface area contributed by atoms with E-state index >= 15 is 0 Å². The number of carbonyl (C=O) groups excluding carboxylic acids is 1. The Morgan fingerprint density at radius 2 is 2.27 bits per heavy atom. The molecule has 0 aliphatic carbocycles. The summed E-state index contributed by atoms with van der Waals surface area (Å²) in [7, 11) is 4.15. The van der Waals surface area contributed by atoms with Gasteiger partial charge in [-0.1, -0.05) is 18.7 Å². The van der Waals surface area contributed by atoms with Crippen molar-refractivity contribution < 1.29 is 4.79 Å².